The normalized spacial score (nSPS) is 22.0. The van der Waals surface area contributed by atoms with Crippen LogP contribution in [0.1, 0.15) is 45.7 Å². The van der Waals surface area contributed by atoms with Crippen LogP contribution in [0.3, 0.4) is 0 Å². The zero-order valence-corrected chi connectivity index (χ0v) is 17.8. The molecule has 0 aliphatic carbocycles. The molecule has 1 aromatic rings. The molecule has 2 aliphatic rings. The Kier molecular flexibility index (Phi) is 6.74. The van der Waals surface area contributed by atoms with Gasteiger partial charge in [-0.2, -0.15) is 13.2 Å². The summed E-state index contributed by atoms with van der Waals surface area (Å²) in [5.41, 5.74) is -1.43. The van der Waals surface area contributed by atoms with Gasteiger partial charge in [0.25, 0.3) is 0 Å². The van der Waals surface area contributed by atoms with Crippen LogP contribution in [-0.4, -0.2) is 76.8 Å². The molecule has 30 heavy (non-hydrogen) atoms. The van der Waals surface area contributed by atoms with Crippen molar-refractivity contribution in [2.45, 2.75) is 57.9 Å². The Morgan fingerprint density at radius 3 is 2.40 bits per heavy atom. The molecule has 168 valence electrons. The number of carbonyl (C=O) groups is 1. The van der Waals surface area contributed by atoms with E-state index in [1.165, 1.54) is 0 Å². The summed E-state index contributed by atoms with van der Waals surface area (Å²) in [5, 5.41) is 0. The van der Waals surface area contributed by atoms with Crippen molar-refractivity contribution in [3.63, 3.8) is 0 Å². The van der Waals surface area contributed by atoms with Gasteiger partial charge in [0.15, 0.2) is 0 Å². The minimum absolute atomic E-state index is 0.126. The molecule has 2 aliphatic heterocycles. The molecule has 0 spiro atoms. The van der Waals surface area contributed by atoms with E-state index in [4.69, 9.17) is 4.74 Å². The first-order valence-corrected chi connectivity index (χ1v) is 10.4. The zero-order chi connectivity index (χ0) is 21.9. The van der Waals surface area contributed by atoms with Gasteiger partial charge in [0.1, 0.15) is 11.3 Å². The van der Waals surface area contributed by atoms with E-state index in [9.17, 15) is 18.0 Å². The van der Waals surface area contributed by atoms with Gasteiger partial charge < -0.3 is 14.5 Å². The molecule has 3 rings (SSSR count). The molecular formula is C20H30F3N5O2. The van der Waals surface area contributed by atoms with Crippen LogP contribution in [0.15, 0.2) is 12.3 Å². The molecule has 3 heterocycles. The summed E-state index contributed by atoms with van der Waals surface area (Å²) >= 11 is 0. The van der Waals surface area contributed by atoms with E-state index in [-0.39, 0.29) is 12.0 Å². The van der Waals surface area contributed by atoms with Crippen LogP contribution in [0.4, 0.5) is 23.9 Å². The second-order valence-electron chi connectivity index (χ2n) is 8.81. The first-order chi connectivity index (χ1) is 14.0. The molecule has 2 saturated heterocycles. The second-order valence-corrected chi connectivity index (χ2v) is 8.81. The van der Waals surface area contributed by atoms with Crippen molar-refractivity contribution in [2.75, 3.05) is 44.2 Å². The van der Waals surface area contributed by atoms with Crippen molar-refractivity contribution < 1.29 is 22.7 Å². The lowest BCUT2D eigenvalue weighted by Crippen LogP contribution is -2.51. The highest BCUT2D eigenvalue weighted by Gasteiger charge is 2.34. The van der Waals surface area contributed by atoms with Crippen LogP contribution in [0, 0.1) is 0 Å². The molecular weight excluding hydrogens is 399 g/mol. The van der Waals surface area contributed by atoms with Crippen LogP contribution in [0.2, 0.25) is 0 Å². The lowest BCUT2D eigenvalue weighted by atomic mass is 10.1. The van der Waals surface area contributed by atoms with Gasteiger partial charge in [-0.1, -0.05) is 0 Å². The fourth-order valence-electron chi connectivity index (χ4n) is 3.90. The first-order valence-electron chi connectivity index (χ1n) is 10.4. The summed E-state index contributed by atoms with van der Waals surface area (Å²) in [6.45, 7) is 9.53. The summed E-state index contributed by atoms with van der Waals surface area (Å²) in [6, 6.07) is 1.24. The third-order valence-corrected chi connectivity index (χ3v) is 5.40. The maximum absolute atomic E-state index is 12.9. The number of halogens is 3. The Balaban J connectivity index is 1.53. The van der Waals surface area contributed by atoms with E-state index in [1.54, 1.807) is 9.80 Å². The SMILES string of the molecule is CC(C)(C)OC(=O)N1CCCC(N2CCN(c3nccc(C(F)(F)F)n3)CC2)CC1. The molecule has 1 amide bonds. The molecule has 7 nitrogen and oxygen atoms in total. The number of aromatic nitrogens is 2. The number of nitrogens with zero attached hydrogens (tertiary/aromatic N) is 5. The third-order valence-electron chi connectivity index (χ3n) is 5.40. The van der Waals surface area contributed by atoms with Crippen LogP contribution in [0.5, 0.6) is 0 Å². The summed E-state index contributed by atoms with van der Waals surface area (Å²) in [7, 11) is 0. The highest BCUT2D eigenvalue weighted by Crippen LogP contribution is 2.28. The Hall–Kier alpha value is -2.10. The number of ether oxygens (including phenoxy) is 1. The molecule has 1 aromatic heterocycles. The molecule has 0 radical (unpaired) electrons. The Labute approximate surface area is 175 Å². The second kappa shape index (κ2) is 8.95. The minimum Gasteiger partial charge on any atom is -0.444 e. The topological polar surface area (TPSA) is 61.8 Å². The van der Waals surface area contributed by atoms with Crippen LogP contribution < -0.4 is 4.90 Å². The number of rotatable bonds is 2. The van der Waals surface area contributed by atoms with Crippen molar-refractivity contribution in [2.24, 2.45) is 0 Å². The van der Waals surface area contributed by atoms with Crippen molar-refractivity contribution in [1.82, 2.24) is 19.8 Å². The molecule has 1 unspecified atom stereocenters. The summed E-state index contributed by atoms with van der Waals surface area (Å²) in [6.07, 6.45) is -0.831. The predicted molar refractivity (Wildman–Crippen MR) is 106 cm³/mol. The zero-order valence-electron chi connectivity index (χ0n) is 17.8. The molecule has 0 saturated carbocycles. The molecule has 0 aromatic carbocycles. The number of hydrogen-bond donors (Lipinski definition) is 0. The number of carbonyl (C=O) groups excluding carboxylic acids is 1. The number of anilines is 1. The summed E-state index contributed by atoms with van der Waals surface area (Å²) < 4.78 is 44.2. The third kappa shape index (κ3) is 5.96. The van der Waals surface area contributed by atoms with E-state index in [1.807, 2.05) is 20.8 Å². The van der Waals surface area contributed by atoms with E-state index in [0.717, 1.165) is 44.6 Å². The summed E-state index contributed by atoms with van der Waals surface area (Å²) in [4.78, 5) is 26.0. The van der Waals surface area contributed by atoms with Gasteiger partial charge in [0.05, 0.1) is 0 Å². The van der Waals surface area contributed by atoms with E-state index < -0.39 is 17.5 Å². The average Bonchev–Trinajstić information content (AvgIpc) is 2.93. The molecule has 10 heteroatoms. The van der Waals surface area contributed by atoms with Crippen molar-refractivity contribution in [1.29, 1.82) is 0 Å². The Morgan fingerprint density at radius 1 is 1.07 bits per heavy atom. The van der Waals surface area contributed by atoms with Crippen LogP contribution in [-0.2, 0) is 10.9 Å². The first kappa shape index (κ1) is 22.6. The lowest BCUT2D eigenvalue weighted by molar-refractivity contribution is -0.141. The van der Waals surface area contributed by atoms with Crippen molar-refractivity contribution in [3.05, 3.63) is 18.0 Å². The molecule has 2 fully saturated rings. The average molecular weight is 429 g/mol. The highest BCUT2D eigenvalue weighted by molar-refractivity contribution is 5.68. The number of likely N-dealkylation sites (tertiary alicyclic amines) is 1. The minimum atomic E-state index is -4.47. The summed E-state index contributed by atoms with van der Waals surface area (Å²) in [5.74, 6) is 0.126. The molecule has 1 atom stereocenters. The largest absolute Gasteiger partial charge is 0.444 e. The standard InChI is InChI=1S/C20H30F3N5O2/c1-19(2,3)30-18(29)28-9-4-5-15(7-10-28)26-11-13-27(14-12-26)17-24-8-6-16(25-17)20(21,22)23/h6,8,15H,4-5,7,9-14H2,1-3H3. The van der Waals surface area contributed by atoms with E-state index in [0.29, 0.717) is 32.2 Å². The van der Waals surface area contributed by atoms with Gasteiger partial charge in [0.2, 0.25) is 5.95 Å². The fraction of sp³-hybridized carbons (Fsp3) is 0.750. The maximum atomic E-state index is 12.9. The maximum Gasteiger partial charge on any atom is 0.433 e. The van der Waals surface area contributed by atoms with Gasteiger partial charge in [-0.3, -0.25) is 4.90 Å². The van der Waals surface area contributed by atoms with Gasteiger partial charge in [-0.05, 0) is 46.1 Å². The fourth-order valence-corrected chi connectivity index (χ4v) is 3.90. The smallest absolute Gasteiger partial charge is 0.433 e. The van der Waals surface area contributed by atoms with Crippen molar-refractivity contribution in [3.8, 4) is 0 Å². The van der Waals surface area contributed by atoms with Crippen LogP contribution in [0.25, 0.3) is 0 Å². The van der Waals surface area contributed by atoms with E-state index >= 15 is 0 Å². The van der Waals surface area contributed by atoms with E-state index in [2.05, 4.69) is 14.9 Å². The number of alkyl halides is 3. The predicted octanol–water partition coefficient (Wildman–Crippen LogP) is 3.41. The highest BCUT2D eigenvalue weighted by atomic mass is 19.4. The lowest BCUT2D eigenvalue weighted by Gasteiger charge is -2.39. The molecule has 0 bridgehead atoms. The number of hydrogen-bond acceptors (Lipinski definition) is 6. The number of piperazine rings is 1. The quantitative estimate of drug-likeness (QED) is 0.718. The van der Waals surface area contributed by atoms with Crippen LogP contribution >= 0.6 is 0 Å². The number of amides is 1. The monoisotopic (exact) mass is 429 g/mol. The van der Waals surface area contributed by atoms with Gasteiger partial charge in [-0.15, -0.1) is 0 Å². The van der Waals surface area contributed by atoms with Gasteiger partial charge >= 0.3 is 12.3 Å². The Morgan fingerprint density at radius 2 is 1.77 bits per heavy atom. The Bertz CT molecular complexity index is 730. The van der Waals surface area contributed by atoms with Gasteiger partial charge in [0, 0.05) is 51.5 Å². The van der Waals surface area contributed by atoms with Crippen molar-refractivity contribution >= 4 is 12.0 Å². The van der Waals surface area contributed by atoms with Gasteiger partial charge in [-0.25, -0.2) is 14.8 Å². The molecule has 0 N–H and O–H groups in total.